The Morgan fingerprint density at radius 1 is 1.50 bits per heavy atom. The number of pyridine rings is 1. The molecule has 14 heavy (non-hydrogen) atoms. The fourth-order valence-corrected chi connectivity index (χ4v) is 0.807. The van der Waals surface area contributed by atoms with Gasteiger partial charge in [0.15, 0.2) is 0 Å². The van der Waals surface area contributed by atoms with Gasteiger partial charge in [0.05, 0.1) is 0 Å². The Kier molecular flexibility index (Phi) is 3.90. The fourth-order valence-electron chi connectivity index (χ4n) is 0.807. The van der Waals surface area contributed by atoms with E-state index in [4.69, 9.17) is 0 Å². The average molecular weight is 182 g/mol. The van der Waals surface area contributed by atoms with Crippen LogP contribution < -0.4 is 0 Å². The Bertz CT molecular complexity index is 405. The van der Waals surface area contributed by atoms with Gasteiger partial charge < -0.3 is 0 Å². The van der Waals surface area contributed by atoms with E-state index in [0.29, 0.717) is 0 Å². The molecule has 68 valence electrons. The number of rotatable bonds is 2. The van der Waals surface area contributed by atoms with Crippen molar-refractivity contribution in [1.82, 2.24) is 4.98 Å². The van der Waals surface area contributed by atoms with Gasteiger partial charge in [-0.25, -0.2) is 4.98 Å². The molecule has 1 aromatic rings. The van der Waals surface area contributed by atoms with E-state index in [1.807, 2.05) is 18.2 Å². The van der Waals surface area contributed by atoms with E-state index in [1.165, 1.54) is 0 Å². The molecule has 0 fully saturated rings. The van der Waals surface area contributed by atoms with Crippen molar-refractivity contribution in [2.45, 2.75) is 0 Å². The first-order valence-electron chi connectivity index (χ1n) is 4.08. The number of nitrogens with zero attached hydrogens (tertiary/aromatic N) is 2. The minimum Gasteiger partial charge on any atom is -0.271 e. The highest BCUT2D eigenvalue weighted by atomic mass is 14.6. The quantitative estimate of drug-likeness (QED) is 0.391. The SMILES string of the molecule is C=C/C(C#Cc1ccccn1)=C\N=C. The van der Waals surface area contributed by atoms with Crippen LogP contribution in [-0.2, 0) is 0 Å². The molecule has 0 aliphatic rings. The van der Waals surface area contributed by atoms with Crippen molar-refractivity contribution in [3.63, 3.8) is 0 Å². The summed E-state index contributed by atoms with van der Waals surface area (Å²) in [6.45, 7) is 6.96. The summed E-state index contributed by atoms with van der Waals surface area (Å²) in [5.41, 5.74) is 1.45. The maximum Gasteiger partial charge on any atom is 0.113 e. The highest BCUT2D eigenvalue weighted by Gasteiger charge is 1.84. The number of aromatic nitrogens is 1. The molecular formula is C12H10N2. The van der Waals surface area contributed by atoms with Crippen LogP contribution in [-0.4, -0.2) is 11.7 Å². The summed E-state index contributed by atoms with van der Waals surface area (Å²) in [6.07, 6.45) is 4.89. The highest BCUT2D eigenvalue weighted by Crippen LogP contribution is 1.95. The topological polar surface area (TPSA) is 25.2 Å². The monoisotopic (exact) mass is 182 g/mol. The van der Waals surface area contributed by atoms with Gasteiger partial charge in [0.25, 0.3) is 0 Å². The smallest absolute Gasteiger partial charge is 0.113 e. The molecule has 0 saturated heterocycles. The maximum atomic E-state index is 4.06. The molecule has 0 radical (unpaired) electrons. The lowest BCUT2D eigenvalue weighted by Gasteiger charge is -1.86. The Hall–Kier alpha value is -2.14. The number of allylic oxidation sites excluding steroid dienone is 2. The van der Waals surface area contributed by atoms with E-state index in [2.05, 4.69) is 35.1 Å². The lowest BCUT2D eigenvalue weighted by atomic mass is 10.2. The second-order valence-electron chi connectivity index (χ2n) is 2.44. The molecule has 1 heterocycles. The molecule has 0 N–H and O–H groups in total. The molecular weight excluding hydrogens is 172 g/mol. The zero-order chi connectivity index (χ0) is 10.2. The van der Waals surface area contributed by atoms with Crippen LogP contribution in [0.4, 0.5) is 0 Å². The Balaban J connectivity index is 2.87. The molecule has 1 aromatic heterocycles. The van der Waals surface area contributed by atoms with Crippen LogP contribution in [0.1, 0.15) is 5.69 Å². The molecule has 0 aliphatic heterocycles. The minimum absolute atomic E-state index is 0.726. The average Bonchev–Trinajstić information content (AvgIpc) is 2.25. The van der Waals surface area contributed by atoms with Gasteiger partial charge >= 0.3 is 0 Å². The van der Waals surface area contributed by atoms with Crippen molar-refractivity contribution in [2.24, 2.45) is 4.99 Å². The zero-order valence-corrected chi connectivity index (χ0v) is 7.77. The van der Waals surface area contributed by atoms with Gasteiger partial charge in [-0.2, -0.15) is 0 Å². The van der Waals surface area contributed by atoms with Crippen molar-refractivity contribution in [1.29, 1.82) is 0 Å². The van der Waals surface area contributed by atoms with Crippen LogP contribution >= 0.6 is 0 Å². The van der Waals surface area contributed by atoms with Crippen LogP contribution in [0.15, 0.2) is 53.8 Å². The Labute approximate surface area is 83.7 Å². The number of hydrogen-bond acceptors (Lipinski definition) is 2. The van der Waals surface area contributed by atoms with E-state index in [-0.39, 0.29) is 0 Å². The summed E-state index contributed by atoms with van der Waals surface area (Å²) in [5.74, 6) is 5.78. The first-order chi connectivity index (χ1) is 6.86. The van der Waals surface area contributed by atoms with E-state index in [9.17, 15) is 0 Å². The number of hydrogen-bond donors (Lipinski definition) is 0. The molecule has 1 rings (SSSR count). The van der Waals surface area contributed by atoms with E-state index >= 15 is 0 Å². The molecule has 2 heteroatoms. The summed E-state index contributed by atoms with van der Waals surface area (Å²) < 4.78 is 0. The van der Waals surface area contributed by atoms with E-state index < -0.39 is 0 Å². The zero-order valence-electron chi connectivity index (χ0n) is 7.77. The van der Waals surface area contributed by atoms with Gasteiger partial charge in [-0.05, 0) is 24.8 Å². The van der Waals surface area contributed by atoms with Crippen molar-refractivity contribution < 1.29 is 0 Å². The normalized spacial score (nSPS) is 9.86. The molecule has 0 atom stereocenters. The van der Waals surface area contributed by atoms with Gasteiger partial charge in [-0.15, -0.1) is 0 Å². The van der Waals surface area contributed by atoms with Gasteiger partial charge in [0.2, 0.25) is 0 Å². The Morgan fingerprint density at radius 2 is 2.36 bits per heavy atom. The molecule has 0 saturated carbocycles. The predicted octanol–water partition coefficient (Wildman–Crippen LogP) is 2.20. The second-order valence-corrected chi connectivity index (χ2v) is 2.44. The summed E-state index contributed by atoms with van der Waals surface area (Å²) in [4.78, 5) is 7.68. The molecule has 0 aromatic carbocycles. The van der Waals surface area contributed by atoms with Crippen molar-refractivity contribution >= 4 is 6.72 Å². The van der Waals surface area contributed by atoms with Gasteiger partial charge in [0.1, 0.15) is 5.69 Å². The lowest BCUT2D eigenvalue weighted by Crippen LogP contribution is -1.78. The van der Waals surface area contributed by atoms with E-state index in [1.54, 1.807) is 18.5 Å². The Morgan fingerprint density at radius 3 is 2.93 bits per heavy atom. The van der Waals surface area contributed by atoms with Crippen LogP contribution in [0.2, 0.25) is 0 Å². The van der Waals surface area contributed by atoms with Gasteiger partial charge in [0, 0.05) is 18.0 Å². The third-order valence-electron chi connectivity index (χ3n) is 1.45. The predicted molar refractivity (Wildman–Crippen MR) is 58.9 cm³/mol. The molecule has 0 spiro atoms. The summed E-state index contributed by atoms with van der Waals surface area (Å²) in [6, 6.07) is 5.58. The van der Waals surface area contributed by atoms with Crippen LogP contribution in [0, 0.1) is 11.8 Å². The molecule has 0 amide bonds. The van der Waals surface area contributed by atoms with Crippen molar-refractivity contribution in [2.75, 3.05) is 0 Å². The van der Waals surface area contributed by atoms with Crippen molar-refractivity contribution in [3.05, 3.63) is 54.5 Å². The lowest BCUT2D eigenvalue weighted by molar-refractivity contribution is 1.29. The number of aliphatic imine (C=N–C) groups is 1. The molecule has 0 unspecified atom stereocenters. The third kappa shape index (κ3) is 3.08. The standard InChI is InChI=1S/C12H10N2/c1-3-11(10-13-2)7-8-12-6-4-5-9-14-12/h3-6,9-10H,1-2H2/b11-10+. The minimum atomic E-state index is 0.726. The van der Waals surface area contributed by atoms with Crippen LogP contribution in [0.3, 0.4) is 0 Å². The van der Waals surface area contributed by atoms with E-state index in [0.717, 1.165) is 11.3 Å². The third-order valence-corrected chi connectivity index (χ3v) is 1.45. The van der Waals surface area contributed by atoms with Gasteiger partial charge in [-0.1, -0.05) is 24.6 Å². The largest absolute Gasteiger partial charge is 0.271 e. The summed E-state index contributed by atoms with van der Waals surface area (Å²) in [7, 11) is 0. The van der Waals surface area contributed by atoms with Gasteiger partial charge in [-0.3, -0.25) is 4.99 Å². The highest BCUT2D eigenvalue weighted by molar-refractivity contribution is 5.43. The summed E-state index contributed by atoms with van der Waals surface area (Å²) in [5, 5.41) is 0. The first kappa shape index (κ1) is 9.94. The van der Waals surface area contributed by atoms with Crippen LogP contribution in [0.5, 0.6) is 0 Å². The summed E-state index contributed by atoms with van der Waals surface area (Å²) >= 11 is 0. The fraction of sp³-hybridized carbons (Fsp3) is 0. The molecule has 2 nitrogen and oxygen atoms in total. The maximum absolute atomic E-state index is 4.06. The second kappa shape index (κ2) is 5.50. The van der Waals surface area contributed by atoms with Crippen LogP contribution in [0.25, 0.3) is 0 Å². The molecule has 0 bridgehead atoms. The first-order valence-corrected chi connectivity index (χ1v) is 4.08. The van der Waals surface area contributed by atoms with Crippen molar-refractivity contribution in [3.8, 4) is 11.8 Å². The molecule has 0 aliphatic carbocycles.